The summed E-state index contributed by atoms with van der Waals surface area (Å²) in [5.74, 6) is 0.401. The van der Waals surface area contributed by atoms with Crippen molar-refractivity contribution in [3.05, 3.63) is 114 Å². The zero-order chi connectivity index (χ0) is 27.6. The van der Waals surface area contributed by atoms with Crippen molar-refractivity contribution in [2.24, 2.45) is 11.5 Å². The molecule has 0 spiro atoms. The van der Waals surface area contributed by atoms with E-state index in [0.29, 0.717) is 18.7 Å². The zero-order valence-corrected chi connectivity index (χ0v) is 22.5. The van der Waals surface area contributed by atoms with Gasteiger partial charge in [0, 0.05) is 52.2 Å². The van der Waals surface area contributed by atoms with Crippen LogP contribution in [0.5, 0.6) is 0 Å². The lowest BCUT2D eigenvalue weighted by Gasteiger charge is -2.22. The third kappa shape index (κ3) is 4.78. The fraction of sp³-hybridized carbons (Fsp3) is 0.219. The van der Waals surface area contributed by atoms with E-state index in [1.54, 1.807) is 0 Å². The molecule has 3 aromatic heterocycles. The summed E-state index contributed by atoms with van der Waals surface area (Å²) in [5, 5.41) is 11.6. The van der Waals surface area contributed by atoms with E-state index in [0.717, 1.165) is 46.3 Å². The molecule has 0 aliphatic rings. The van der Waals surface area contributed by atoms with Crippen molar-refractivity contribution in [3.8, 4) is 5.69 Å². The summed E-state index contributed by atoms with van der Waals surface area (Å²) in [6.45, 7) is 2.13. The molecule has 6 rings (SSSR count). The number of nitrogens with one attached hydrogen (secondary N) is 2. The van der Waals surface area contributed by atoms with Crippen LogP contribution in [0.3, 0.4) is 0 Å². The van der Waals surface area contributed by atoms with Gasteiger partial charge in [0.05, 0.1) is 6.04 Å². The van der Waals surface area contributed by atoms with Gasteiger partial charge in [0.25, 0.3) is 0 Å². The van der Waals surface area contributed by atoms with E-state index in [-0.39, 0.29) is 0 Å². The Labute approximate surface area is 232 Å². The molecule has 0 fully saturated rings. The Hall–Kier alpha value is -4.69. The number of aryl methyl sites for hydroxylation is 3. The van der Waals surface area contributed by atoms with Crippen molar-refractivity contribution in [1.29, 1.82) is 0 Å². The number of primary amides is 1. The highest BCUT2D eigenvalue weighted by Gasteiger charge is 2.31. The highest BCUT2D eigenvalue weighted by atomic mass is 16.1. The lowest BCUT2D eigenvalue weighted by molar-refractivity contribution is -0.119. The Morgan fingerprint density at radius 2 is 1.48 bits per heavy atom. The predicted octanol–water partition coefficient (Wildman–Crippen LogP) is 4.72. The van der Waals surface area contributed by atoms with Crippen molar-refractivity contribution >= 4 is 27.7 Å². The molecule has 202 valence electrons. The fourth-order valence-electron chi connectivity index (χ4n) is 5.59. The minimum absolute atomic E-state index is 0.475. The van der Waals surface area contributed by atoms with Crippen molar-refractivity contribution in [3.63, 3.8) is 0 Å². The Bertz CT molecular complexity index is 1780. The number of benzene rings is 3. The summed E-state index contributed by atoms with van der Waals surface area (Å²) in [4.78, 5) is 19.2. The molecule has 8 nitrogen and oxygen atoms in total. The van der Waals surface area contributed by atoms with Gasteiger partial charge >= 0.3 is 0 Å². The van der Waals surface area contributed by atoms with Gasteiger partial charge in [-0.25, -0.2) is 0 Å². The number of amides is 1. The number of para-hydroxylation sites is 2. The summed E-state index contributed by atoms with van der Waals surface area (Å²) in [5.41, 5.74) is 18.9. The van der Waals surface area contributed by atoms with Crippen LogP contribution in [0.1, 0.15) is 41.2 Å². The predicted molar refractivity (Wildman–Crippen MR) is 158 cm³/mol. The van der Waals surface area contributed by atoms with Gasteiger partial charge in [-0.15, -0.1) is 10.2 Å². The molecule has 40 heavy (non-hydrogen) atoms. The van der Waals surface area contributed by atoms with E-state index in [4.69, 9.17) is 11.5 Å². The van der Waals surface area contributed by atoms with E-state index in [9.17, 15) is 4.79 Å². The molecule has 2 atom stereocenters. The molecular formula is C32H33N7O. The van der Waals surface area contributed by atoms with Gasteiger partial charge in [-0.3, -0.25) is 9.36 Å². The maximum Gasteiger partial charge on any atom is 0.235 e. The minimum Gasteiger partial charge on any atom is -0.368 e. The van der Waals surface area contributed by atoms with Crippen LogP contribution in [0.25, 0.3) is 27.5 Å². The number of carbonyl (C=O) groups excluding carboxylic acids is 1. The first-order chi connectivity index (χ1) is 19.5. The number of nitrogens with two attached hydrogens (primary N) is 2. The first-order valence-corrected chi connectivity index (χ1v) is 13.7. The Balaban J connectivity index is 1.42. The Morgan fingerprint density at radius 1 is 0.850 bits per heavy atom. The van der Waals surface area contributed by atoms with Gasteiger partial charge in [0.2, 0.25) is 5.91 Å². The van der Waals surface area contributed by atoms with Crippen molar-refractivity contribution in [1.82, 2.24) is 24.7 Å². The molecule has 1 amide bonds. The molecule has 0 radical (unpaired) electrons. The molecule has 8 heteroatoms. The summed E-state index contributed by atoms with van der Waals surface area (Å²) in [6, 6.07) is 23.8. The molecule has 6 N–H and O–H groups in total. The van der Waals surface area contributed by atoms with Crippen molar-refractivity contribution in [2.75, 3.05) is 0 Å². The number of nitrogens with zero attached hydrogens (tertiary/aromatic N) is 3. The largest absolute Gasteiger partial charge is 0.368 e. The topological polar surface area (TPSA) is 131 Å². The molecule has 0 aliphatic heterocycles. The first kappa shape index (κ1) is 25.6. The van der Waals surface area contributed by atoms with Crippen LogP contribution >= 0.6 is 0 Å². The van der Waals surface area contributed by atoms with Crippen LogP contribution in [0.2, 0.25) is 0 Å². The Morgan fingerprint density at radius 3 is 2.12 bits per heavy atom. The van der Waals surface area contributed by atoms with Crippen LogP contribution < -0.4 is 11.5 Å². The third-order valence-corrected chi connectivity index (χ3v) is 7.86. The van der Waals surface area contributed by atoms with Crippen LogP contribution in [0.15, 0.2) is 85.2 Å². The quantitative estimate of drug-likeness (QED) is 0.204. The second-order valence-electron chi connectivity index (χ2n) is 10.3. The summed E-state index contributed by atoms with van der Waals surface area (Å²) < 4.78 is 2.07. The molecule has 0 bridgehead atoms. The lowest BCUT2D eigenvalue weighted by atomic mass is 9.90. The number of rotatable bonds is 10. The van der Waals surface area contributed by atoms with Gasteiger partial charge in [-0.2, -0.15) is 0 Å². The smallest absolute Gasteiger partial charge is 0.235 e. The molecule has 3 aromatic carbocycles. The zero-order valence-electron chi connectivity index (χ0n) is 22.5. The molecular weight excluding hydrogens is 498 g/mol. The average Bonchev–Trinajstić information content (AvgIpc) is 3.71. The number of aromatic amines is 2. The highest BCUT2D eigenvalue weighted by molar-refractivity contribution is 5.84. The number of aromatic nitrogens is 5. The minimum atomic E-state index is -0.937. The summed E-state index contributed by atoms with van der Waals surface area (Å²) in [6.07, 6.45) is 6.91. The van der Waals surface area contributed by atoms with Gasteiger partial charge in [-0.1, -0.05) is 55.5 Å². The normalized spacial score (nSPS) is 13.2. The van der Waals surface area contributed by atoms with Crippen LogP contribution in [-0.2, 0) is 30.5 Å². The standard InChI is InChI=1S/C32H33N7O/c1-2-20-11-14-23(15-12-20)39-29(16-13-21-18-35-27-9-5-3-7-24(21)27)37-38-32(39)26(30(33)31(34)40)17-22-19-36-28-10-6-4-8-25(22)28/h3-12,14-15,18-19,26,30,35-36H,2,13,16-17,33H2,1H3,(H2,34,40). The molecule has 0 saturated carbocycles. The first-order valence-electron chi connectivity index (χ1n) is 13.7. The average molecular weight is 532 g/mol. The summed E-state index contributed by atoms with van der Waals surface area (Å²) in [7, 11) is 0. The van der Waals surface area contributed by atoms with E-state index in [1.807, 2.05) is 30.5 Å². The highest BCUT2D eigenvalue weighted by Crippen LogP contribution is 2.30. The monoisotopic (exact) mass is 531 g/mol. The fourth-order valence-corrected chi connectivity index (χ4v) is 5.59. The van der Waals surface area contributed by atoms with E-state index in [2.05, 4.69) is 86.4 Å². The van der Waals surface area contributed by atoms with Gasteiger partial charge in [-0.05, 0) is 60.2 Å². The molecule has 0 saturated heterocycles. The van der Waals surface area contributed by atoms with E-state index in [1.165, 1.54) is 16.5 Å². The molecule has 0 aliphatic carbocycles. The van der Waals surface area contributed by atoms with Crippen LogP contribution in [-0.4, -0.2) is 36.7 Å². The van der Waals surface area contributed by atoms with Crippen molar-refractivity contribution in [2.45, 2.75) is 44.6 Å². The lowest BCUT2D eigenvalue weighted by Crippen LogP contribution is -2.43. The van der Waals surface area contributed by atoms with Crippen LogP contribution in [0, 0.1) is 0 Å². The maximum absolute atomic E-state index is 12.5. The van der Waals surface area contributed by atoms with Gasteiger partial charge in [0.1, 0.15) is 11.6 Å². The summed E-state index contributed by atoms with van der Waals surface area (Å²) >= 11 is 0. The number of hydrogen-bond donors (Lipinski definition) is 4. The Kier molecular flexibility index (Phi) is 6.92. The van der Waals surface area contributed by atoms with Gasteiger partial charge in [0.15, 0.2) is 0 Å². The third-order valence-electron chi connectivity index (χ3n) is 7.86. The van der Waals surface area contributed by atoms with Crippen molar-refractivity contribution < 1.29 is 4.79 Å². The maximum atomic E-state index is 12.5. The molecule has 6 aromatic rings. The van der Waals surface area contributed by atoms with Crippen LogP contribution in [0.4, 0.5) is 0 Å². The molecule has 2 unspecified atom stereocenters. The number of H-pyrrole nitrogens is 2. The SMILES string of the molecule is CCc1ccc(-n2c(CCc3c[nH]c4ccccc34)nnc2C(Cc2c[nH]c3ccccc23)C(N)C(N)=O)cc1. The molecule has 3 heterocycles. The second kappa shape index (κ2) is 10.8. The van der Waals surface area contributed by atoms with E-state index < -0.39 is 17.9 Å². The number of fused-ring (bicyclic) bond motifs is 2. The van der Waals surface area contributed by atoms with Gasteiger partial charge < -0.3 is 21.4 Å². The number of carbonyl (C=O) groups is 1. The number of hydrogen-bond acceptors (Lipinski definition) is 4. The van der Waals surface area contributed by atoms with E-state index >= 15 is 0 Å². The second-order valence-corrected chi connectivity index (χ2v) is 10.3.